The van der Waals surface area contributed by atoms with Crippen molar-refractivity contribution in [3.05, 3.63) is 18.2 Å². The molecule has 0 unspecified atom stereocenters. The number of rotatable bonds is 2. The molecule has 3 nitrogen and oxygen atoms in total. The molecule has 1 aliphatic rings. The van der Waals surface area contributed by atoms with Crippen LogP contribution in [0.5, 0.6) is 5.75 Å². The van der Waals surface area contributed by atoms with Crippen molar-refractivity contribution in [1.82, 2.24) is 4.98 Å². The summed E-state index contributed by atoms with van der Waals surface area (Å²) in [7, 11) is 1.60. The first kappa shape index (κ1) is 14.4. The molecule has 0 atom stereocenters. The molecule has 0 amide bonds. The maximum atomic E-state index is 12.7. The molecular formula is C14H15F3N2OS. The minimum atomic E-state index is -4.08. The summed E-state index contributed by atoms with van der Waals surface area (Å²) in [5.41, 5.74) is 0.855. The molecular weight excluding hydrogens is 301 g/mol. The van der Waals surface area contributed by atoms with E-state index in [9.17, 15) is 13.2 Å². The van der Waals surface area contributed by atoms with Gasteiger partial charge in [0.1, 0.15) is 5.75 Å². The number of hydrogen-bond donors (Lipinski definition) is 0. The summed E-state index contributed by atoms with van der Waals surface area (Å²) in [5, 5.41) is 0.791. The van der Waals surface area contributed by atoms with E-state index >= 15 is 0 Å². The minimum absolute atomic E-state index is 0.142. The Hall–Kier alpha value is -1.50. The Morgan fingerprint density at radius 1 is 1.29 bits per heavy atom. The van der Waals surface area contributed by atoms with Crippen LogP contribution in [-0.4, -0.2) is 31.4 Å². The summed E-state index contributed by atoms with van der Waals surface area (Å²) in [6.07, 6.45) is -3.79. The van der Waals surface area contributed by atoms with Gasteiger partial charge in [0.15, 0.2) is 5.13 Å². The number of ether oxygens (including phenoxy) is 1. The van der Waals surface area contributed by atoms with Gasteiger partial charge in [-0.15, -0.1) is 0 Å². The molecule has 1 aromatic carbocycles. The number of thiazole rings is 1. The molecule has 0 saturated carbocycles. The van der Waals surface area contributed by atoms with Crippen molar-refractivity contribution in [3.63, 3.8) is 0 Å². The van der Waals surface area contributed by atoms with Gasteiger partial charge in [-0.25, -0.2) is 4.98 Å². The Bertz CT molecular complexity index is 633. The number of hydrogen-bond acceptors (Lipinski definition) is 4. The lowest BCUT2D eigenvalue weighted by Gasteiger charge is -2.32. The van der Waals surface area contributed by atoms with Gasteiger partial charge in [-0.2, -0.15) is 13.2 Å². The normalized spacial score (nSPS) is 17.4. The Morgan fingerprint density at radius 3 is 2.62 bits per heavy atom. The van der Waals surface area contributed by atoms with Crippen LogP contribution in [0.1, 0.15) is 12.8 Å². The molecule has 0 spiro atoms. The van der Waals surface area contributed by atoms with E-state index < -0.39 is 12.1 Å². The number of piperidine rings is 1. The number of methoxy groups -OCH3 is 1. The van der Waals surface area contributed by atoms with Crippen molar-refractivity contribution in [2.45, 2.75) is 19.0 Å². The smallest absolute Gasteiger partial charge is 0.391 e. The molecule has 0 bridgehead atoms. The van der Waals surface area contributed by atoms with Gasteiger partial charge in [0, 0.05) is 13.1 Å². The molecule has 21 heavy (non-hydrogen) atoms. The zero-order valence-corrected chi connectivity index (χ0v) is 12.3. The second-order valence-electron chi connectivity index (χ2n) is 5.13. The van der Waals surface area contributed by atoms with Crippen molar-refractivity contribution < 1.29 is 17.9 Å². The van der Waals surface area contributed by atoms with Crippen LogP contribution in [0.25, 0.3) is 10.2 Å². The zero-order valence-electron chi connectivity index (χ0n) is 11.5. The Morgan fingerprint density at radius 2 is 2.00 bits per heavy atom. The van der Waals surface area contributed by atoms with Crippen LogP contribution in [0, 0.1) is 5.92 Å². The molecule has 1 saturated heterocycles. The van der Waals surface area contributed by atoms with Crippen LogP contribution in [0.3, 0.4) is 0 Å². The van der Waals surface area contributed by atoms with Gasteiger partial charge in [-0.05, 0) is 31.0 Å². The van der Waals surface area contributed by atoms with Crippen LogP contribution < -0.4 is 9.64 Å². The van der Waals surface area contributed by atoms with E-state index in [0.29, 0.717) is 13.1 Å². The first-order valence-electron chi connectivity index (χ1n) is 6.73. The number of fused-ring (bicyclic) bond motifs is 1. The third-order valence-corrected chi connectivity index (χ3v) is 4.89. The average Bonchev–Trinajstić information content (AvgIpc) is 2.89. The number of halogens is 3. The van der Waals surface area contributed by atoms with Gasteiger partial charge < -0.3 is 9.64 Å². The Labute approximate surface area is 124 Å². The van der Waals surface area contributed by atoms with Crippen molar-refractivity contribution in [3.8, 4) is 5.75 Å². The van der Waals surface area contributed by atoms with Crippen molar-refractivity contribution in [1.29, 1.82) is 0 Å². The molecule has 1 aromatic heterocycles. The number of aromatic nitrogens is 1. The summed E-state index contributed by atoms with van der Waals surface area (Å²) in [6, 6.07) is 5.61. The summed E-state index contributed by atoms with van der Waals surface area (Å²) in [4.78, 5) is 6.45. The highest BCUT2D eigenvalue weighted by atomic mass is 32.1. The third-order valence-electron chi connectivity index (χ3n) is 3.81. The van der Waals surface area contributed by atoms with Gasteiger partial charge in [0.2, 0.25) is 0 Å². The average molecular weight is 316 g/mol. The van der Waals surface area contributed by atoms with E-state index in [2.05, 4.69) is 4.98 Å². The molecule has 1 aliphatic heterocycles. The lowest BCUT2D eigenvalue weighted by molar-refractivity contribution is -0.179. The molecule has 2 aromatic rings. The number of nitrogens with zero attached hydrogens (tertiary/aromatic N) is 2. The molecule has 7 heteroatoms. The summed E-state index contributed by atoms with van der Waals surface area (Å²) in [5.74, 6) is -0.420. The molecule has 0 aliphatic carbocycles. The molecule has 1 fully saturated rings. The Kier molecular flexibility index (Phi) is 3.69. The lowest BCUT2D eigenvalue weighted by atomic mass is 9.97. The van der Waals surface area contributed by atoms with Crippen LogP contribution in [0.15, 0.2) is 18.2 Å². The topological polar surface area (TPSA) is 25.4 Å². The van der Waals surface area contributed by atoms with Gasteiger partial charge in [0.05, 0.1) is 23.2 Å². The summed E-state index contributed by atoms with van der Waals surface area (Å²) >= 11 is 1.50. The highest BCUT2D eigenvalue weighted by molar-refractivity contribution is 7.22. The van der Waals surface area contributed by atoms with E-state index in [1.54, 1.807) is 7.11 Å². The largest absolute Gasteiger partial charge is 0.497 e. The van der Waals surface area contributed by atoms with E-state index in [1.807, 2.05) is 23.1 Å². The van der Waals surface area contributed by atoms with Crippen LogP contribution in [-0.2, 0) is 0 Å². The summed E-state index contributed by atoms with van der Waals surface area (Å²) < 4.78 is 44.2. The van der Waals surface area contributed by atoms with Crippen LogP contribution in [0.4, 0.5) is 18.3 Å². The monoisotopic (exact) mass is 316 g/mol. The predicted octanol–water partition coefficient (Wildman–Crippen LogP) is 4.08. The van der Waals surface area contributed by atoms with E-state index in [-0.39, 0.29) is 12.8 Å². The Balaban J connectivity index is 1.76. The predicted molar refractivity (Wildman–Crippen MR) is 77.2 cm³/mol. The molecule has 0 N–H and O–H groups in total. The van der Waals surface area contributed by atoms with Gasteiger partial charge in [0.25, 0.3) is 0 Å². The van der Waals surface area contributed by atoms with E-state index in [0.717, 1.165) is 21.1 Å². The third kappa shape index (κ3) is 2.92. The number of benzene rings is 1. The first-order chi connectivity index (χ1) is 9.97. The fraction of sp³-hybridized carbons (Fsp3) is 0.500. The standard InChI is InChI=1S/C14H15F3N2OS/c1-20-10-2-3-11-12(8-10)21-13(18-11)19-6-4-9(5-7-19)14(15,16)17/h2-3,8-9H,4-7H2,1H3. The van der Waals surface area contributed by atoms with E-state index in [1.165, 1.54) is 11.3 Å². The second kappa shape index (κ2) is 5.36. The SMILES string of the molecule is COc1ccc2nc(N3CCC(C(F)(F)F)CC3)sc2c1. The van der Waals surface area contributed by atoms with Crippen LogP contribution in [0.2, 0.25) is 0 Å². The van der Waals surface area contributed by atoms with E-state index in [4.69, 9.17) is 4.74 Å². The summed E-state index contributed by atoms with van der Waals surface area (Å²) in [6.45, 7) is 0.808. The molecule has 0 radical (unpaired) electrons. The maximum absolute atomic E-state index is 12.7. The number of alkyl halides is 3. The van der Waals surface area contributed by atoms with Crippen molar-refractivity contribution in [2.24, 2.45) is 5.92 Å². The van der Waals surface area contributed by atoms with Crippen molar-refractivity contribution >= 4 is 26.7 Å². The highest BCUT2D eigenvalue weighted by Gasteiger charge is 2.41. The fourth-order valence-electron chi connectivity index (χ4n) is 2.55. The highest BCUT2D eigenvalue weighted by Crippen LogP contribution is 2.37. The number of anilines is 1. The first-order valence-corrected chi connectivity index (χ1v) is 7.55. The van der Waals surface area contributed by atoms with Crippen LogP contribution >= 0.6 is 11.3 Å². The van der Waals surface area contributed by atoms with Gasteiger partial charge in [-0.3, -0.25) is 0 Å². The molecule has 2 heterocycles. The fourth-order valence-corrected chi connectivity index (χ4v) is 3.60. The quantitative estimate of drug-likeness (QED) is 0.834. The van der Waals surface area contributed by atoms with Gasteiger partial charge in [-0.1, -0.05) is 11.3 Å². The molecule has 114 valence electrons. The second-order valence-corrected chi connectivity index (χ2v) is 6.14. The lowest BCUT2D eigenvalue weighted by Crippen LogP contribution is -2.38. The maximum Gasteiger partial charge on any atom is 0.391 e. The minimum Gasteiger partial charge on any atom is -0.497 e. The zero-order chi connectivity index (χ0) is 15.0. The van der Waals surface area contributed by atoms with Crippen molar-refractivity contribution in [2.75, 3.05) is 25.1 Å². The molecule has 3 rings (SSSR count). The van der Waals surface area contributed by atoms with Gasteiger partial charge >= 0.3 is 6.18 Å².